The van der Waals surface area contributed by atoms with Gasteiger partial charge in [0.2, 0.25) is 5.91 Å². The second-order valence-electron chi connectivity index (χ2n) is 7.53. The van der Waals surface area contributed by atoms with E-state index >= 15 is 0 Å². The van der Waals surface area contributed by atoms with Gasteiger partial charge in [0.25, 0.3) is 0 Å². The SMILES string of the molecule is CC(C(=O)NC1CCCC1)N1CCC(N2CCCCC2)CC1. The number of hydrogen-bond donors (Lipinski definition) is 1. The summed E-state index contributed by atoms with van der Waals surface area (Å²) in [5.74, 6) is 0.253. The van der Waals surface area contributed by atoms with E-state index in [0.717, 1.165) is 19.1 Å². The number of amides is 1. The average Bonchev–Trinajstić information content (AvgIpc) is 3.08. The average molecular weight is 307 g/mol. The van der Waals surface area contributed by atoms with Crippen LogP contribution in [0.2, 0.25) is 0 Å². The Bertz CT molecular complexity index is 353. The number of nitrogens with one attached hydrogen (secondary N) is 1. The number of piperidine rings is 2. The molecule has 4 heteroatoms. The molecule has 22 heavy (non-hydrogen) atoms. The van der Waals surface area contributed by atoms with Crippen LogP contribution in [0.3, 0.4) is 0 Å². The van der Waals surface area contributed by atoms with Gasteiger partial charge < -0.3 is 10.2 Å². The molecule has 4 nitrogen and oxygen atoms in total. The van der Waals surface area contributed by atoms with Gasteiger partial charge in [-0.05, 0) is 58.5 Å². The van der Waals surface area contributed by atoms with Crippen molar-refractivity contribution < 1.29 is 4.79 Å². The highest BCUT2D eigenvalue weighted by Gasteiger charge is 2.30. The number of likely N-dealkylation sites (tertiary alicyclic amines) is 2. The second-order valence-corrected chi connectivity index (χ2v) is 7.53. The summed E-state index contributed by atoms with van der Waals surface area (Å²) in [4.78, 5) is 17.5. The molecule has 2 saturated heterocycles. The Balaban J connectivity index is 1.42. The molecular formula is C18H33N3O. The molecule has 1 N–H and O–H groups in total. The molecule has 3 rings (SSSR count). The fourth-order valence-electron chi connectivity index (χ4n) is 4.48. The van der Waals surface area contributed by atoms with Crippen molar-refractivity contribution in [3.8, 4) is 0 Å². The Hall–Kier alpha value is -0.610. The lowest BCUT2D eigenvalue weighted by molar-refractivity contribution is -0.127. The number of carbonyl (C=O) groups excluding carboxylic acids is 1. The Morgan fingerprint density at radius 2 is 1.55 bits per heavy atom. The minimum atomic E-state index is 0.0444. The minimum Gasteiger partial charge on any atom is -0.352 e. The molecule has 1 atom stereocenters. The summed E-state index contributed by atoms with van der Waals surface area (Å²) in [6, 6.07) is 1.25. The first kappa shape index (κ1) is 16.3. The van der Waals surface area contributed by atoms with Gasteiger partial charge in [-0.3, -0.25) is 9.69 Å². The lowest BCUT2D eigenvalue weighted by atomic mass is 9.99. The normalized spacial score (nSPS) is 27.9. The molecule has 0 aromatic heterocycles. The molecule has 0 aromatic carbocycles. The maximum absolute atomic E-state index is 12.4. The van der Waals surface area contributed by atoms with Crippen LogP contribution in [0.1, 0.15) is 64.7 Å². The highest BCUT2D eigenvalue weighted by Crippen LogP contribution is 2.22. The maximum Gasteiger partial charge on any atom is 0.237 e. The van der Waals surface area contributed by atoms with Crippen molar-refractivity contribution in [3.63, 3.8) is 0 Å². The van der Waals surface area contributed by atoms with Crippen molar-refractivity contribution >= 4 is 5.91 Å². The summed E-state index contributed by atoms with van der Waals surface area (Å²) in [7, 11) is 0. The van der Waals surface area contributed by atoms with Gasteiger partial charge in [-0.1, -0.05) is 19.3 Å². The Morgan fingerprint density at radius 1 is 0.909 bits per heavy atom. The maximum atomic E-state index is 12.4. The predicted molar refractivity (Wildman–Crippen MR) is 89.9 cm³/mol. The summed E-state index contributed by atoms with van der Waals surface area (Å²) in [6.45, 7) is 6.84. The van der Waals surface area contributed by atoms with Crippen LogP contribution in [-0.4, -0.2) is 60.0 Å². The van der Waals surface area contributed by atoms with Crippen molar-refractivity contribution in [2.45, 2.75) is 82.8 Å². The van der Waals surface area contributed by atoms with E-state index in [0.29, 0.717) is 6.04 Å². The largest absolute Gasteiger partial charge is 0.352 e. The molecule has 0 bridgehead atoms. The summed E-state index contributed by atoms with van der Waals surface area (Å²) >= 11 is 0. The Labute approximate surface area is 135 Å². The van der Waals surface area contributed by atoms with E-state index in [-0.39, 0.29) is 11.9 Å². The fraction of sp³-hybridized carbons (Fsp3) is 0.944. The molecule has 2 heterocycles. The van der Waals surface area contributed by atoms with E-state index in [2.05, 4.69) is 22.0 Å². The van der Waals surface area contributed by atoms with Crippen LogP contribution in [-0.2, 0) is 4.79 Å². The number of carbonyl (C=O) groups is 1. The van der Waals surface area contributed by atoms with E-state index in [9.17, 15) is 4.79 Å². The van der Waals surface area contributed by atoms with E-state index in [1.807, 2.05) is 0 Å². The zero-order valence-electron chi connectivity index (χ0n) is 14.2. The first-order chi connectivity index (χ1) is 10.7. The molecule has 1 amide bonds. The van der Waals surface area contributed by atoms with Crippen LogP contribution in [0, 0.1) is 0 Å². The molecule has 0 aromatic rings. The third-order valence-corrected chi connectivity index (χ3v) is 6.03. The zero-order chi connectivity index (χ0) is 15.4. The van der Waals surface area contributed by atoms with Crippen molar-refractivity contribution in [3.05, 3.63) is 0 Å². The predicted octanol–water partition coefficient (Wildman–Crippen LogP) is 2.38. The summed E-state index contributed by atoms with van der Waals surface area (Å²) in [5, 5.41) is 3.26. The molecule has 126 valence electrons. The second kappa shape index (κ2) is 7.78. The molecule has 3 aliphatic rings. The Kier molecular flexibility index (Phi) is 5.75. The monoisotopic (exact) mass is 307 g/mol. The van der Waals surface area contributed by atoms with Gasteiger partial charge in [0, 0.05) is 25.2 Å². The fourth-order valence-corrected chi connectivity index (χ4v) is 4.48. The lowest BCUT2D eigenvalue weighted by Crippen LogP contribution is -2.53. The standard InChI is InChI=1S/C18H33N3O/c1-15(18(22)19-16-7-3-4-8-16)20-13-9-17(10-14-20)21-11-5-2-6-12-21/h15-17H,2-14H2,1H3,(H,19,22). The van der Waals surface area contributed by atoms with E-state index in [1.165, 1.54) is 70.9 Å². The molecule has 0 spiro atoms. The molecule has 3 fully saturated rings. The van der Waals surface area contributed by atoms with Crippen LogP contribution in [0.15, 0.2) is 0 Å². The number of nitrogens with zero attached hydrogens (tertiary/aromatic N) is 2. The van der Waals surface area contributed by atoms with Gasteiger partial charge in [-0.2, -0.15) is 0 Å². The van der Waals surface area contributed by atoms with Crippen molar-refractivity contribution in [2.24, 2.45) is 0 Å². The van der Waals surface area contributed by atoms with Crippen molar-refractivity contribution in [2.75, 3.05) is 26.2 Å². The highest BCUT2D eigenvalue weighted by atomic mass is 16.2. The zero-order valence-corrected chi connectivity index (χ0v) is 14.2. The quantitative estimate of drug-likeness (QED) is 0.866. The van der Waals surface area contributed by atoms with Gasteiger partial charge in [0.1, 0.15) is 0 Å². The molecule has 0 radical (unpaired) electrons. The van der Waals surface area contributed by atoms with Crippen LogP contribution in [0.5, 0.6) is 0 Å². The van der Waals surface area contributed by atoms with Gasteiger partial charge in [0.15, 0.2) is 0 Å². The third kappa shape index (κ3) is 4.02. The Morgan fingerprint density at radius 3 is 2.18 bits per heavy atom. The van der Waals surface area contributed by atoms with Gasteiger partial charge in [0.05, 0.1) is 6.04 Å². The lowest BCUT2D eigenvalue weighted by Gasteiger charge is -2.41. The van der Waals surface area contributed by atoms with Crippen molar-refractivity contribution in [1.29, 1.82) is 0 Å². The smallest absolute Gasteiger partial charge is 0.237 e. The third-order valence-electron chi connectivity index (χ3n) is 6.03. The highest BCUT2D eigenvalue weighted by molar-refractivity contribution is 5.81. The first-order valence-corrected chi connectivity index (χ1v) is 9.52. The van der Waals surface area contributed by atoms with Gasteiger partial charge in [-0.15, -0.1) is 0 Å². The molecule has 2 aliphatic heterocycles. The summed E-state index contributed by atoms with van der Waals surface area (Å²) in [6.07, 6.45) is 11.5. The van der Waals surface area contributed by atoms with Crippen LogP contribution < -0.4 is 5.32 Å². The summed E-state index contributed by atoms with van der Waals surface area (Å²) in [5.41, 5.74) is 0. The van der Waals surface area contributed by atoms with E-state index in [1.54, 1.807) is 0 Å². The minimum absolute atomic E-state index is 0.0444. The van der Waals surface area contributed by atoms with E-state index < -0.39 is 0 Å². The topological polar surface area (TPSA) is 35.6 Å². The molecule has 1 unspecified atom stereocenters. The molecule has 1 aliphatic carbocycles. The van der Waals surface area contributed by atoms with Gasteiger partial charge >= 0.3 is 0 Å². The summed E-state index contributed by atoms with van der Waals surface area (Å²) < 4.78 is 0. The number of rotatable bonds is 4. The van der Waals surface area contributed by atoms with Crippen LogP contribution in [0.4, 0.5) is 0 Å². The molecular weight excluding hydrogens is 274 g/mol. The first-order valence-electron chi connectivity index (χ1n) is 9.52. The van der Waals surface area contributed by atoms with Crippen LogP contribution in [0.25, 0.3) is 0 Å². The van der Waals surface area contributed by atoms with Crippen molar-refractivity contribution in [1.82, 2.24) is 15.1 Å². The molecule has 1 saturated carbocycles. The number of hydrogen-bond acceptors (Lipinski definition) is 3. The van der Waals surface area contributed by atoms with Gasteiger partial charge in [-0.25, -0.2) is 0 Å². The van der Waals surface area contributed by atoms with E-state index in [4.69, 9.17) is 0 Å². The van der Waals surface area contributed by atoms with Crippen LogP contribution >= 0.6 is 0 Å².